The largest absolute Gasteiger partial charge is 0.351 e. The second-order valence-corrected chi connectivity index (χ2v) is 6.30. The number of hydrogen-bond acceptors (Lipinski definition) is 3. The van der Waals surface area contributed by atoms with Crippen LogP contribution in [0.3, 0.4) is 0 Å². The van der Waals surface area contributed by atoms with E-state index < -0.39 is 5.82 Å². The maximum atomic E-state index is 13.8. The van der Waals surface area contributed by atoms with E-state index in [1.807, 2.05) is 6.07 Å². The van der Waals surface area contributed by atoms with Crippen molar-refractivity contribution < 1.29 is 9.18 Å². The minimum atomic E-state index is -0.428. The van der Waals surface area contributed by atoms with E-state index in [1.54, 1.807) is 13.0 Å². The first-order valence-electron chi connectivity index (χ1n) is 7.66. The van der Waals surface area contributed by atoms with E-state index in [2.05, 4.69) is 17.1 Å². The van der Waals surface area contributed by atoms with Gasteiger partial charge in [0.1, 0.15) is 5.82 Å². The van der Waals surface area contributed by atoms with Crippen LogP contribution in [0.1, 0.15) is 38.3 Å². The number of nitrogens with two attached hydrogens (primary N) is 1. The first-order chi connectivity index (χ1) is 10.4. The number of nitrogens with zero attached hydrogens (tertiary/aromatic N) is 1. The highest BCUT2D eigenvalue weighted by Gasteiger charge is 2.35. The van der Waals surface area contributed by atoms with Crippen molar-refractivity contribution in [3.63, 3.8) is 0 Å². The molecule has 0 bridgehead atoms. The van der Waals surface area contributed by atoms with Crippen LogP contribution in [-0.2, 0) is 4.79 Å². The highest BCUT2D eigenvalue weighted by atomic mass is 35.5. The van der Waals surface area contributed by atoms with Crippen molar-refractivity contribution in [2.75, 3.05) is 13.1 Å². The summed E-state index contributed by atoms with van der Waals surface area (Å²) in [7, 11) is 0. The van der Waals surface area contributed by atoms with Gasteiger partial charge in [0.25, 0.3) is 0 Å². The van der Waals surface area contributed by atoms with E-state index in [0.717, 1.165) is 25.1 Å². The van der Waals surface area contributed by atoms with Crippen LogP contribution in [0, 0.1) is 5.82 Å². The van der Waals surface area contributed by atoms with Gasteiger partial charge in [0.05, 0.1) is 11.1 Å². The second-order valence-electron chi connectivity index (χ2n) is 5.89. The zero-order valence-electron chi connectivity index (χ0n) is 13.4. The van der Waals surface area contributed by atoms with E-state index >= 15 is 0 Å². The van der Waals surface area contributed by atoms with Crippen LogP contribution in [0.2, 0.25) is 5.02 Å². The van der Waals surface area contributed by atoms with Gasteiger partial charge in [-0.2, -0.15) is 0 Å². The van der Waals surface area contributed by atoms with Crippen LogP contribution in [-0.4, -0.2) is 36.0 Å². The molecule has 1 aliphatic heterocycles. The number of amides is 1. The van der Waals surface area contributed by atoms with E-state index in [9.17, 15) is 9.18 Å². The summed E-state index contributed by atoms with van der Waals surface area (Å²) in [6, 6.07) is 4.62. The minimum Gasteiger partial charge on any atom is -0.351 e. The maximum absolute atomic E-state index is 13.8. The van der Waals surface area contributed by atoms with Gasteiger partial charge >= 0.3 is 0 Å². The van der Waals surface area contributed by atoms with Crippen LogP contribution in [0.25, 0.3) is 0 Å². The molecule has 0 radical (unpaired) electrons. The monoisotopic (exact) mass is 363 g/mol. The topological polar surface area (TPSA) is 58.4 Å². The standard InChI is InChI=1S/C16H23ClFN3O.ClH/c1-3-21-7-6-14(20-15(22)8-10(2)19)16(21)11-4-5-12(17)13(18)9-11;/h4-5,9-10,14,16H,3,6-8,19H2,1-2H3,(H,20,22);1H. The lowest BCUT2D eigenvalue weighted by Crippen LogP contribution is -2.41. The molecule has 1 amide bonds. The normalized spacial score (nSPS) is 22.5. The predicted octanol–water partition coefficient (Wildman–Crippen LogP) is 2.89. The molecule has 2 rings (SSSR count). The summed E-state index contributed by atoms with van der Waals surface area (Å²) in [6.07, 6.45) is 1.14. The van der Waals surface area contributed by atoms with E-state index in [1.165, 1.54) is 6.07 Å². The molecule has 1 aromatic carbocycles. The Morgan fingerprint density at radius 2 is 2.26 bits per heavy atom. The fourth-order valence-electron chi connectivity index (χ4n) is 3.06. The number of likely N-dealkylation sites (N-methyl/N-ethyl adjacent to an activating group) is 1. The molecule has 1 aliphatic rings. The molecule has 0 aromatic heterocycles. The third-order valence-electron chi connectivity index (χ3n) is 4.05. The Labute approximate surface area is 148 Å². The van der Waals surface area contributed by atoms with Gasteiger partial charge < -0.3 is 11.1 Å². The first-order valence-corrected chi connectivity index (χ1v) is 8.04. The molecular weight excluding hydrogens is 340 g/mol. The van der Waals surface area contributed by atoms with Crippen molar-refractivity contribution in [3.05, 3.63) is 34.6 Å². The van der Waals surface area contributed by atoms with Crippen LogP contribution >= 0.6 is 24.0 Å². The number of likely N-dealkylation sites (tertiary alicyclic amines) is 1. The number of nitrogens with one attached hydrogen (secondary N) is 1. The first kappa shape index (κ1) is 20.2. The zero-order valence-corrected chi connectivity index (χ0v) is 15.0. The van der Waals surface area contributed by atoms with Crippen molar-refractivity contribution in [2.24, 2.45) is 5.73 Å². The van der Waals surface area contributed by atoms with Crippen molar-refractivity contribution in [2.45, 2.75) is 44.8 Å². The number of rotatable bonds is 5. The predicted molar refractivity (Wildman–Crippen MR) is 93.5 cm³/mol. The minimum absolute atomic E-state index is 0. The molecule has 0 saturated carbocycles. The molecule has 1 fully saturated rings. The number of halogens is 3. The Hall–Kier alpha value is -0.880. The Balaban J connectivity index is 0.00000264. The summed E-state index contributed by atoms with van der Waals surface area (Å²) in [5.74, 6) is -0.486. The summed E-state index contributed by atoms with van der Waals surface area (Å²) in [5, 5.41) is 3.15. The third-order valence-corrected chi connectivity index (χ3v) is 4.35. The molecular formula is C16H24Cl2FN3O. The highest BCUT2D eigenvalue weighted by molar-refractivity contribution is 6.30. The molecule has 0 aliphatic carbocycles. The Kier molecular flexibility index (Phi) is 7.74. The lowest BCUT2D eigenvalue weighted by atomic mass is 9.99. The van der Waals surface area contributed by atoms with Gasteiger partial charge in [0, 0.05) is 25.0 Å². The molecule has 3 unspecified atom stereocenters. The molecule has 23 heavy (non-hydrogen) atoms. The summed E-state index contributed by atoms with van der Waals surface area (Å²) in [6.45, 7) is 5.58. The van der Waals surface area contributed by atoms with E-state index in [-0.39, 0.29) is 41.5 Å². The number of carbonyl (C=O) groups is 1. The smallest absolute Gasteiger partial charge is 0.221 e. The number of carbonyl (C=O) groups excluding carboxylic acids is 1. The van der Waals surface area contributed by atoms with Crippen molar-refractivity contribution in [1.82, 2.24) is 10.2 Å². The number of benzene rings is 1. The Morgan fingerprint density at radius 3 is 2.83 bits per heavy atom. The molecule has 3 atom stereocenters. The van der Waals surface area contributed by atoms with Gasteiger partial charge in [-0.25, -0.2) is 4.39 Å². The highest BCUT2D eigenvalue weighted by Crippen LogP contribution is 2.33. The molecule has 1 saturated heterocycles. The van der Waals surface area contributed by atoms with Gasteiger partial charge in [-0.3, -0.25) is 9.69 Å². The zero-order chi connectivity index (χ0) is 16.3. The van der Waals surface area contributed by atoms with Crippen LogP contribution in [0.4, 0.5) is 4.39 Å². The summed E-state index contributed by atoms with van der Waals surface area (Å²) >= 11 is 5.76. The molecule has 3 N–H and O–H groups in total. The SMILES string of the molecule is CCN1CCC(NC(=O)CC(C)N)C1c1ccc(Cl)c(F)c1.Cl. The molecule has 1 heterocycles. The fraction of sp³-hybridized carbons (Fsp3) is 0.562. The summed E-state index contributed by atoms with van der Waals surface area (Å²) in [5.41, 5.74) is 6.51. The second kappa shape index (κ2) is 8.83. The maximum Gasteiger partial charge on any atom is 0.221 e. The average molecular weight is 364 g/mol. The Morgan fingerprint density at radius 1 is 1.57 bits per heavy atom. The van der Waals surface area contributed by atoms with Crippen molar-refractivity contribution >= 4 is 29.9 Å². The summed E-state index contributed by atoms with van der Waals surface area (Å²) in [4.78, 5) is 14.2. The van der Waals surface area contributed by atoms with Gasteiger partial charge in [-0.15, -0.1) is 12.4 Å². The molecule has 0 spiro atoms. The average Bonchev–Trinajstić information content (AvgIpc) is 2.83. The lowest BCUT2D eigenvalue weighted by Gasteiger charge is -2.28. The fourth-order valence-corrected chi connectivity index (χ4v) is 3.18. The van der Waals surface area contributed by atoms with Gasteiger partial charge in [0.2, 0.25) is 5.91 Å². The van der Waals surface area contributed by atoms with Gasteiger partial charge in [0.15, 0.2) is 0 Å². The van der Waals surface area contributed by atoms with Crippen molar-refractivity contribution in [1.29, 1.82) is 0 Å². The van der Waals surface area contributed by atoms with Crippen LogP contribution in [0.15, 0.2) is 18.2 Å². The summed E-state index contributed by atoms with van der Waals surface area (Å²) < 4.78 is 13.8. The Bertz CT molecular complexity index is 542. The molecule has 130 valence electrons. The van der Waals surface area contributed by atoms with E-state index in [4.69, 9.17) is 17.3 Å². The molecule has 1 aromatic rings. The van der Waals surface area contributed by atoms with Crippen LogP contribution in [0.5, 0.6) is 0 Å². The van der Waals surface area contributed by atoms with Crippen molar-refractivity contribution in [3.8, 4) is 0 Å². The van der Waals surface area contributed by atoms with E-state index in [0.29, 0.717) is 6.42 Å². The lowest BCUT2D eigenvalue weighted by molar-refractivity contribution is -0.122. The quantitative estimate of drug-likeness (QED) is 0.845. The third kappa shape index (κ3) is 5.05. The molecule has 4 nitrogen and oxygen atoms in total. The molecule has 7 heteroatoms. The van der Waals surface area contributed by atoms with Gasteiger partial charge in [-0.1, -0.05) is 24.6 Å². The van der Waals surface area contributed by atoms with Gasteiger partial charge in [-0.05, 0) is 37.6 Å². The number of hydrogen-bond donors (Lipinski definition) is 2. The van der Waals surface area contributed by atoms with Crippen LogP contribution < -0.4 is 11.1 Å².